The van der Waals surface area contributed by atoms with E-state index >= 15 is 0 Å². The molecule has 0 fully saturated rings. The van der Waals surface area contributed by atoms with Gasteiger partial charge in [-0.3, -0.25) is 5.32 Å². The van der Waals surface area contributed by atoms with Crippen LogP contribution in [0.2, 0.25) is 0 Å². The van der Waals surface area contributed by atoms with E-state index in [0.717, 1.165) is 19.4 Å². The van der Waals surface area contributed by atoms with Gasteiger partial charge < -0.3 is 0 Å². The molecule has 3 heteroatoms. The Morgan fingerprint density at radius 1 is 1.24 bits per heavy atom. The van der Waals surface area contributed by atoms with E-state index in [4.69, 9.17) is 0 Å². The van der Waals surface area contributed by atoms with E-state index in [9.17, 15) is 5.26 Å². The van der Waals surface area contributed by atoms with Gasteiger partial charge in [0.1, 0.15) is 5.54 Å². The molecule has 0 radical (unpaired) electrons. The number of nitrogens with zero attached hydrogens (tertiary/aromatic N) is 1. The molecule has 0 bridgehead atoms. The lowest BCUT2D eigenvalue weighted by atomic mass is 9.98. The highest BCUT2D eigenvalue weighted by molar-refractivity contribution is 7.99. The van der Waals surface area contributed by atoms with Gasteiger partial charge in [0.05, 0.1) is 6.07 Å². The quantitative estimate of drug-likeness (QED) is 0.689. The van der Waals surface area contributed by atoms with Crippen LogP contribution >= 0.6 is 11.8 Å². The van der Waals surface area contributed by atoms with E-state index < -0.39 is 5.54 Å². The number of rotatable bonds is 8. The number of nitrogens with one attached hydrogen (secondary N) is 1. The van der Waals surface area contributed by atoms with Crippen LogP contribution in [0.1, 0.15) is 58.9 Å². The van der Waals surface area contributed by atoms with Crippen molar-refractivity contribution in [3.8, 4) is 6.07 Å². The van der Waals surface area contributed by atoms with Gasteiger partial charge in [-0.05, 0) is 49.9 Å². The largest absolute Gasteiger partial charge is 0.300 e. The van der Waals surface area contributed by atoms with Crippen molar-refractivity contribution < 1.29 is 0 Å². The summed E-state index contributed by atoms with van der Waals surface area (Å²) >= 11 is 1.85. The van der Waals surface area contributed by atoms with Crippen molar-refractivity contribution in [3.63, 3.8) is 0 Å². The first-order valence-electron chi connectivity index (χ1n) is 7.83. The van der Waals surface area contributed by atoms with Gasteiger partial charge in [-0.1, -0.05) is 39.8 Å². The monoisotopic (exact) mass is 304 g/mol. The molecule has 0 saturated carbocycles. The number of hydrogen-bond acceptors (Lipinski definition) is 3. The maximum absolute atomic E-state index is 9.40. The third-order valence-electron chi connectivity index (χ3n) is 3.59. The van der Waals surface area contributed by atoms with E-state index in [1.807, 2.05) is 18.7 Å². The van der Waals surface area contributed by atoms with Crippen LogP contribution in [0.3, 0.4) is 0 Å². The molecular weight excluding hydrogens is 276 g/mol. The molecular formula is C18H28N2S. The van der Waals surface area contributed by atoms with Gasteiger partial charge in [0.15, 0.2) is 0 Å². The Kier molecular flexibility index (Phi) is 7.28. The van der Waals surface area contributed by atoms with E-state index in [2.05, 4.69) is 63.3 Å². The second kappa shape index (κ2) is 8.46. The minimum atomic E-state index is -0.430. The molecule has 1 rings (SSSR count). The van der Waals surface area contributed by atoms with Gasteiger partial charge in [-0.15, -0.1) is 11.8 Å². The maximum atomic E-state index is 9.40. The molecule has 1 N–H and O–H groups in total. The number of hydrogen-bond donors (Lipinski definition) is 1. The molecule has 2 unspecified atom stereocenters. The van der Waals surface area contributed by atoms with E-state index in [1.54, 1.807) is 0 Å². The second-order valence-electron chi connectivity index (χ2n) is 6.23. The Hall–Kier alpha value is -0.980. The lowest BCUT2D eigenvalue weighted by Crippen LogP contribution is -2.43. The molecule has 0 spiro atoms. The number of thioether (sulfide) groups is 1. The smallest absolute Gasteiger partial charge is 0.104 e. The van der Waals surface area contributed by atoms with Crippen molar-refractivity contribution >= 4 is 11.8 Å². The molecule has 0 aliphatic carbocycles. The lowest BCUT2D eigenvalue weighted by Gasteiger charge is -2.26. The third kappa shape index (κ3) is 6.11. The van der Waals surface area contributed by atoms with Crippen molar-refractivity contribution in [2.24, 2.45) is 0 Å². The predicted octanol–water partition coefficient (Wildman–Crippen LogP) is 4.96. The summed E-state index contributed by atoms with van der Waals surface area (Å²) in [6.07, 6.45) is 1.90. The first kappa shape index (κ1) is 18.1. The molecule has 0 aliphatic rings. The molecule has 1 aromatic carbocycles. The molecule has 0 aromatic heterocycles. The highest BCUT2D eigenvalue weighted by atomic mass is 32.2. The zero-order valence-electron chi connectivity index (χ0n) is 13.9. The highest BCUT2D eigenvalue weighted by Gasteiger charge is 2.25. The first-order valence-corrected chi connectivity index (χ1v) is 8.71. The van der Waals surface area contributed by atoms with Crippen LogP contribution in [0.5, 0.6) is 0 Å². The molecule has 116 valence electrons. The van der Waals surface area contributed by atoms with Gasteiger partial charge in [-0.2, -0.15) is 5.26 Å². The van der Waals surface area contributed by atoms with Crippen molar-refractivity contribution in [3.05, 3.63) is 29.8 Å². The van der Waals surface area contributed by atoms with E-state index in [1.165, 1.54) is 10.5 Å². The average Bonchev–Trinajstić information content (AvgIpc) is 2.45. The van der Waals surface area contributed by atoms with E-state index in [0.29, 0.717) is 11.2 Å². The van der Waals surface area contributed by atoms with Crippen molar-refractivity contribution in [2.45, 2.75) is 69.1 Å². The van der Waals surface area contributed by atoms with Gasteiger partial charge in [-0.25, -0.2) is 0 Å². The highest BCUT2D eigenvalue weighted by Crippen LogP contribution is 2.29. The minimum Gasteiger partial charge on any atom is -0.300 e. The van der Waals surface area contributed by atoms with Crippen molar-refractivity contribution in [1.82, 2.24) is 5.32 Å². The maximum Gasteiger partial charge on any atom is 0.104 e. The normalized spacial score (nSPS) is 15.5. The Labute approximate surface area is 134 Å². The summed E-state index contributed by atoms with van der Waals surface area (Å²) in [4.78, 5) is 1.28. The molecule has 0 heterocycles. The predicted molar refractivity (Wildman–Crippen MR) is 92.8 cm³/mol. The second-order valence-corrected chi connectivity index (χ2v) is 7.74. The van der Waals surface area contributed by atoms with Crippen molar-refractivity contribution in [2.75, 3.05) is 6.54 Å². The zero-order chi connectivity index (χ0) is 15.9. The zero-order valence-corrected chi connectivity index (χ0v) is 14.8. The van der Waals surface area contributed by atoms with Crippen LogP contribution in [0, 0.1) is 11.3 Å². The average molecular weight is 305 g/mol. The van der Waals surface area contributed by atoms with Crippen LogP contribution in [0.25, 0.3) is 0 Å². The molecule has 2 nitrogen and oxygen atoms in total. The minimum absolute atomic E-state index is 0.406. The molecule has 21 heavy (non-hydrogen) atoms. The topological polar surface area (TPSA) is 35.8 Å². The Bertz CT molecular complexity index is 461. The van der Waals surface area contributed by atoms with Gasteiger partial charge in [0, 0.05) is 10.1 Å². The summed E-state index contributed by atoms with van der Waals surface area (Å²) in [5, 5.41) is 13.2. The van der Waals surface area contributed by atoms with Crippen molar-refractivity contribution in [1.29, 1.82) is 5.26 Å². The Balaban J connectivity index is 2.60. The lowest BCUT2D eigenvalue weighted by molar-refractivity contribution is 0.418. The summed E-state index contributed by atoms with van der Waals surface area (Å²) in [5.41, 5.74) is 0.943. The van der Waals surface area contributed by atoms with Gasteiger partial charge in [0.2, 0.25) is 0 Å². The van der Waals surface area contributed by atoms with Crippen LogP contribution in [0.15, 0.2) is 29.2 Å². The molecule has 0 amide bonds. The fourth-order valence-electron chi connectivity index (χ4n) is 2.34. The summed E-state index contributed by atoms with van der Waals surface area (Å²) in [6, 6.07) is 11.2. The van der Waals surface area contributed by atoms with Gasteiger partial charge in [0.25, 0.3) is 0 Å². The van der Waals surface area contributed by atoms with Gasteiger partial charge >= 0.3 is 0 Å². The summed E-state index contributed by atoms with van der Waals surface area (Å²) in [5.74, 6) is 0.571. The van der Waals surface area contributed by atoms with Crippen LogP contribution in [0.4, 0.5) is 0 Å². The van der Waals surface area contributed by atoms with Crippen LogP contribution < -0.4 is 5.32 Å². The summed E-state index contributed by atoms with van der Waals surface area (Å²) in [6.45, 7) is 11.6. The van der Waals surface area contributed by atoms with Crippen LogP contribution in [-0.4, -0.2) is 17.3 Å². The fraction of sp³-hybridized carbons (Fsp3) is 0.611. The fourth-order valence-corrected chi connectivity index (χ4v) is 3.51. The Morgan fingerprint density at radius 3 is 2.33 bits per heavy atom. The van der Waals surface area contributed by atoms with E-state index in [-0.39, 0.29) is 0 Å². The number of nitriles is 1. The first-order chi connectivity index (χ1) is 9.90. The third-order valence-corrected chi connectivity index (χ3v) is 4.71. The Morgan fingerprint density at radius 2 is 1.86 bits per heavy atom. The summed E-state index contributed by atoms with van der Waals surface area (Å²) in [7, 11) is 0. The molecule has 2 atom stereocenters. The summed E-state index contributed by atoms with van der Waals surface area (Å²) < 4.78 is 0. The number of benzene rings is 1. The molecule has 1 aromatic rings. The molecule has 0 saturated heterocycles. The van der Waals surface area contributed by atoms with Crippen LogP contribution in [-0.2, 0) is 0 Å². The SMILES string of the molecule is CCCNC(C)(C#N)CC(C)Sc1ccc(C(C)C)cc1. The molecule has 0 aliphatic heterocycles. The standard InChI is InChI=1S/C18H28N2S/c1-6-11-20-18(5,13-19)12-15(4)21-17-9-7-16(8-10-17)14(2)3/h7-10,14-15,20H,6,11-12H2,1-5H3.